The molecular weight excluding hydrogens is 298 g/mol. The van der Waals surface area contributed by atoms with E-state index in [4.69, 9.17) is 9.47 Å². The van der Waals surface area contributed by atoms with Crippen LogP contribution in [0.4, 0.5) is 0 Å². The second-order valence-electron chi connectivity index (χ2n) is 6.05. The molecule has 0 bridgehead atoms. The summed E-state index contributed by atoms with van der Waals surface area (Å²) in [6.07, 6.45) is -0.826. The summed E-state index contributed by atoms with van der Waals surface area (Å²) in [7, 11) is 1.38. The maximum Gasteiger partial charge on any atom is 0.331 e. The van der Waals surface area contributed by atoms with E-state index in [9.17, 15) is 14.7 Å². The average molecular weight is 323 g/mol. The zero-order valence-electron chi connectivity index (χ0n) is 14.3. The third kappa shape index (κ3) is 5.25. The lowest BCUT2D eigenvalue weighted by Gasteiger charge is -2.27. The number of aliphatic carboxylic acids is 1. The van der Waals surface area contributed by atoms with Crippen molar-refractivity contribution in [2.45, 2.75) is 45.3 Å². The molecule has 0 aliphatic carbocycles. The SMILES string of the molecule is COCC(C)(NC(=O)C(C)Oc1cccc(C(C)C)c1)C(=O)O. The van der Waals surface area contributed by atoms with E-state index in [1.54, 1.807) is 13.0 Å². The summed E-state index contributed by atoms with van der Waals surface area (Å²) in [6, 6.07) is 7.49. The van der Waals surface area contributed by atoms with Crippen molar-refractivity contribution < 1.29 is 24.2 Å². The molecule has 0 heterocycles. The first kappa shape index (κ1) is 19.0. The molecule has 0 spiro atoms. The number of carboxylic acids is 1. The molecule has 1 rings (SSSR count). The first-order valence-electron chi connectivity index (χ1n) is 7.50. The number of nitrogens with one attached hydrogen (secondary N) is 1. The van der Waals surface area contributed by atoms with Crippen LogP contribution in [0.2, 0.25) is 0 Å². The fraction of sp³-hybridized carbons (Fsp3) is 0.529. The highest BCUT2D eigenvalue weighted by molar-refractivity contribution is 5.88. The largest absolute Gasteiger partial charge is 0.481 e. The number of carbonyl (C=O) groups is 2. The Morgan fingerprint density at radius 2 is 1.96 bits per heavy atom. The van der Waals surface area contributed by atoms with Gasteiger partial charge in [-0.25, -0.2) is 4.79 Å². The maximum absolute atomic E-state index is 12.2. The Morgan fingerprint density at radius 1 is 1.30 bits per heavy atom. The van der Waals surface area contributed by atoms with E-state index in [1.165, 1.54) is 14.0 Å². The minimum Gasteiger partial charge on any atom is -0.481 e. The zero-order chi connectivity index (χ0) is 17.6. The summed E-state index contributed by atoms with van der Waals surface area (Å²) < 4.78 is 10.5. The predicted molar refractivity (Wildman–Crippen MR) is 86.7 cm³/mol. The minimum absolute atomic E-state index is 0.135. The van der Waals surface area contributed by atoms with E-state index < -0.39 is 23.5 Å². The molecule has 0 aliphatic heterocycles. The van der Waals surface area contributed by atoms with Crippen molar-refractivity contribution in [3.8, 4) is 5.75 Å². The normalized spacial score (nSPS) is 14.9. The van der Waals surface area contributed by atoms with E-state index in [2.05, 4.69) is 19.2 Å². The number of hydrogen-bond donors (Lipinski definition) is 2. The molecule has 2 atom stereocenters. The minimum atomic E-state index is -1.50. The second-order valence-corrected chi connectivity index (χ2v) is 6.05. The number of amides is 1. The Bertz CT molecular complexity index is 558. The lowest BCUT2D eigenvalue weighted by molar-refractivity contribution is -0.150. The highest BCUT2D eigenvalue weighted by Crippen LogP contribution is 2.21. The molecule has 1 aromatic rings. The lowest BCUT2D eigenvalue weighted by atomic mass is 10.0. The predicted octanol–water partition coefficient (Wildman–Crippen LogP) is 2.18. The number of hydrogen-bond acceptors (Lipinski definition) is 4. The fourth-order valence-electron chi connectivity index (χ4n) is 2.02. The van der Waals surface area contributed by atoms with Crippen LogP contribution < -0.4 is 10.1 Å². The first-order valence-corrected chi connectivity index (χ1v) is 7.50. The molecule has 2 unspecified atom stereocenters. The van der Waals surface area contributed by atoms with E-state index in [0.717, 1.165) is 5.56 Å². The van der Waals surface area contributed by atoms with Crippen LogP contribution in [-0.2, 0) is 14.3 Å². The molecule has 0 aromatic heterocycles. The number of benzene rings is 1. The lowest BCUT2D eigenvalue weighted by Crippen LogP contribution is -2.57. The smallest absolute Gasteiger partial charge is 0.331 e. The number of carbonyl (C=O) groups excluding carboxylic acids is 1. The number of methoxy groups -OCH3 is 1. The third-order valence-corrected chi connectivity index (χ3v) is 3.51. The summed E-state index contributed by atoms with van der Waals surface area (Å²) in [4.78, 5) is 23.5. The summed E-state index contributed by atoms with van der Waals surface area (Å²) in [5.41, 5.74) is -0.395. The van der Waals surface area contributed by atoms with Crippen LogP contribution in [0, 0.1) is 0 Å². The van der Waals surface area contributed by atoms with Gasteiger partial charge in [-0.1, -0.05) is 26.0 Å². The van der Waals surface area contributed by atoms with Crippen molar-refractivity contribution in [2.75, 3.05) is 13.7 Å². The van der Waals surface area contributed by atoms with Gasteiger partial charge < -0.3 is 19.9 Å². The second kappa shape index (κ2) is 7.97. The van der Waals surface area contributed by atoms with Crippen LogP contribution in [0.1, 0.15) is 39.2 Å². The first-order chi connectivity index (χ1) is 10.7. The monoisotopic (exact) mass is 323 g/mol. The molecule has 0 saturated heterocycles. The Hall–Kier alpha value is -2.08. The highest BCUT2D eigenvalue weighted by Gasteiger charge is 2.36. The summed E-state index contributed by atoms with van der Waals surface area (Å²) >= 11 is 0. The van der Waals surface area contributed by atoms with Crippen molar-refractivity contribution in [3.05, 3.63) is 29.8 Å². The molecule has 23 heavy (non-hydrogen) atoms. The van der Waals surface area contributed by atoms with Crippen LogP contribution in [0.25, 0.3) is 0 Å². The molecule has 128 valence electrons. The van der Waals surface area contributed by atoms with Crippen molar-refractivity contribution in [1.29, 1.82) is 0 Å². The highest BCUT2D eigenvalue weighted by atomic mass is 16.5. The Labute approximate surface area is 136 Å². The van der Waals surface area contributed by atoms with E-state index in [-0.39, 0.29) is 6.61 Å². The molecule has 1 aromatic carbocycles. The van der Waals surface area contributed by atoms with Gasteiger partial charge in [-0.15, -0.1) is 0 Å². The van der Waals surface area contributed by atoms with Gasteiger partial charge in [0.25, 0.3) is 5.91 Å². The van der Waals surface area contributed by atoms with E-state index in [1.807, 2.05) is 18.2 Å². The van der Waals surface area contributed by atoms with Crippen LogP contribution in [0.15, 0.2) is 24.3 Å². The summed E-state index contributed by atoms with van der Waals surface area (Å²) in [5.74, 6) is -0.758. The van der Waals surface area contributed by atoms with Crippen LogP contribution in [0.3, 0.4) is 0 Å². The van der Waals surface area contributed by atoms with Gasteiger partial charge in [0, 0.05) is 7.11 Å². The molecule has 6 nitrogen and oxygen atoms in total. The number of rotatable bonds is 8. The molecule has 6 heteroatoms. The van der Waals surface area contributed by atoms with Gasteiger partial charge in [-0.2, -0.15) is 0 Å². The zero-order valence-corrected chi connectivity index (χ0v) is 14.3. The summed E-state index contributed by atoms with van der Waals surface area (Å²) in [6.45, 7) is 6.97. The third-order valence-electron chi connectivity index (χ3n) is 3.51. The molecule has 0 saturated carbocycles. The van der Waals surface area contributed by atoms with Gasteiger partial charge in [0.2, 0.25) is 0 Å². The van der Waals surface area contributed by atoms with Gasteiger partial charge >= 0.3 is 5.97 Å². The standard InChI is InChI=1S/C17H25NO5/c1-11(2)13-7-6-8-14(9-13)23-12(3)15(19)18-17(4,10-22-5)16(20)21/h6-9,11-12H,10H2,1-5H3,(H,18,19)(H,20,21). The van der Waals surface area contributed by atoms with Crippen molar-refractivity contribution in [2.24, 2.45) is 0 Å². The van der Waals surface area contributed by atoms with Gasteiger partial charge in [-0.05, 0) is 37.5 Å². The Kier molecular flexibility index (Phi) is 6.57. The topological polar surface area (TPSA) is 84.9 Å². The average Bonchev–Trinajstić information content (AvgIpc) is 2.47. The Balaban J connectivity index is 2.77. The van der Waals surface area contributed by atoms with Gasteiger partial charge in [0.15, 0.2) is 11.6 Å². The van der Waals surface area contributed by atoms with Crippen molar-refractivity contribution in [1.82, 2.24) is 5.32 Å². The quantitative estimate of drug-likeness (QED) is 0.766. The van der Waals surface area contributed by atoms with Gasteiger partial charge in [0.05, 0.1) is 6.61 Å². The van der Waals surface area contributed by atoms with Crippen LogP contribution >= 0.6 is 0 Å². The van der Waals surface area contributed by atoms with Gasteiger partial charge in [0.1, 0.15) is 5.75 Å². The van der Waals surface area contributed by atoms with Gasteiger partial charge in [-0.3, -0.25) is 4.79 Å². The van der Waals surface area contributed by atoms with Crippen LogP contribution in [0.5, 0.6) is 5.75 Å². The molecule has 0 fully saturated rings. The maximum atomic E-state index is 12.2. The fourth-order valence-corrected chi connectivity index (χ4v) is 2.02. The molecule has 1 amide bonds. The van der Waals surface area contributed by atoms with E-state index in [0.29, 0.717) is 11.7 Å². The molecule has 2 N–H and O–H groups in total. The number of carboxylic acid groups (broad SMARTS) is 1. The van der Waals surface area contributed by atoms with Crippen molar-refractivity contribution >= 4 is 11.9 Å². The molecular formula is C17H25NO5. The Morgan fingerprint density at radius 3 is 2.48 bits per heavy atom. The number of ether oxygens (including phenoxy) is 2. The van der Waals surface area contributed by atoms with E-state index >= 15 is 0 Å². The summed E-state index contributed by atoms with van der Waals surface area (Å²) in [5, 5.41) is 11.7. The van der Waals surface area contributed by atoms with Crippen molar-refractivity contribution in [3.63, 3.8) is 0 Å². The molecule has 0 aliphatic rings. The van der Waals surface area contributed by atoms with Crippen LogP contribution in [-0.4, -0.2) is 42.3 Å². The molecule has 0 radical (unpaired) electrons.